The number of fused-ring (bicyclic) bond motifs is 1. The molecule has 1 aliphatic rings. The molecule has 15 heavy (non-hydrogen) atoms. The van der Waals surface area contributed by atoms with E-state index in [0.717, 1.165) is 0 Å². The number of aromatic nitrogens is 2. The Morgan fingerprint density at radius 3 is 3.27 bits per heavy atom. The van der Waals surface area contributed by atoms with Gasteiger partial charge in [-0.1, -0.05) is 0 Å². The van der Waals surface area contributed by atoms with Gasteiger partial charge in [-0.3, -0.25) is 0 Å². The zero-order valence-corrected chi connectivity index (χ0v) is 8.43. The fourth-order valence-corrected chi connectivity index (χ4v) is 1.61. The molecule has 1 aromatic rings. The topological polar surface area (TPSA) is 64.3 Å². The summed E-state index contributed by atoms with van der Waals surface area (Å²) in [6.45, 7) is 2.69. The van der Waals surface area contributed by atoms with Crippen LogP contribution in [0.2, 0.25) is 0 Å². The highest BCUT2D eigenvalue weighted by Crippen LogP contribution is 2.24. The van der Waals surface area contributed by atoms with Crippen molar-refractivity contribution in [2.24, 2.45) is 0 Å². The Bertz CT molecular complexity index is 420. The second-order valence-electron chi connectivity index (χ2n) is 3.24. The predicted molar refractivity (Wildman–Crippen MR) is 53.0 cm³/mol. The molecule has 0 atom stereocenters. The van der Waals surface area contributed by atoms with Crippen LogP contribution >= 0.6 is 0 Å². The number of aryl methyl sites for hydroxylation is 1. The number of esters is 1. The molecule has 2 rings (SSSR count). The van der Waals surface area contributed by atoms with Crippen LogP contribution in [0.1, 0.15) is 19.2 Å². The number of ether oxygens (including phenoxy) is 1. The number of rotatable bonds is 2. The van der Waals surface area contributed by atoms with E-state index in [9.17, 15) is 9.90 Å². The number of hydrogen-bond acceptors (Lipinski definition) is 4. The minimum atomic E-state index is -0.454. The Kier molecular flexibility index (Phi) is 2.45. The highest BCUT2D eigenvalue weighted by atomic mass is 16.5. The molecule has 0 fully saturated rings. The summed E-state index contributed by atoms with van der Waals surface area (Å²) >= 11 is 0. The Labute approximate surface area is 87.0 Å². The zero-order valence-electron chi connectivity index (χ0n) is 8.43. The molecule has 1 aliphatic heterocycles. The molecule has 5 heteroatoms. The maximum atomic E-state index is 11.5. The van der Waals surface area contributed by atoms with Gasteiger partial charge in [-0.15, -0.1) is 0 Å². The summed E-state index contributed by atoms with van der Waals surface area (Å²) in [5, 5.41) is 9.80. The maximum absolute atomic E-state index is 11.5. The first-order valence-corrected chi connectivity index (χ1v) is 4.84. The number of aliphatic hydroxyl groups excluding tert-OH is 1. The van der Waals surface area contributed by atoms with Crippen molar-refractivity contribution in [3.63, 3.8) is 0 Å². The lowest BCUT2D eigenvalue weighted by Crippen LogP contribution is -2.18. The number of aliphatic hydroxyl groups is 1. The molecule has 0 amide bonds. The third-order valence-corrected chi connectivity index (χ3v) is 2.34. The van der Waals surface area contributed by atoms with Gasteiger partial charge in [-0.05, 0) is 6.92 Å². The van der Waals surface area contributed by atoms with E-state index in [-0.39, 0.29) is 5.76 Å². The Morgan fingerprint density at radius 2 is 2.53 bits per heavy atom. The molecule has 0 saturated heterocycles. The van der Waals surface area contributed by atoms with Crippen molar-refractivity contribution < 1.29 is 14.6 Å². The van der Waals surface area contributed by atoms with Gasteiger partial charge >= 0.3 is 5.97 Å². The quantitative estimate of drug-likeness (QED) is 0.739. The van der Waals surface area contributed by atoms with Gasteiger partial charge in [0.15, 0.2) is 11.6 Å². The summed E-state index contributed by atoms with van der Waals surface area (Å²) in [6, 6.07) is 0. The van der Waals surface area contributed by atoms with Crippen LogP contribution in [0.3, 0.4) is 0 Å². The lowest BCUT2D eigenvalue weighted by Gasteiger charge is -2.16. The molecule has 5 nitrogen and oxygen atoms in total. The summed E-state index contributed by atoms with van der Waals surface area (Å²) in [4.78, 5) is 15.4. The molecule has 1 N–H and O–H groups in total. The van der Waals surface area contributed by atoms with Gasteiger partial charge in [0.1, 0.15) is 0 Å². The largest absolute Gasteiger partial charge is 0.504 e. The first kappa shape index (κ1) is 9.76. The van der Waals surface area contributed by atoms with Gasteiger partial charge in [-0.25, -0.2) is 9.78 Å². The van der Waals surface area contributed by atoms with Crippen molar-refractivity contribution in [1.29, 1.82) is 0 Å². The van der Waals surface area contributed by atoms with Crippen molar-refractivity contribution in [2.45, 2.75) is 19.9 Å². The van der Waals surface area contributed by atoms with Crippen LogP contribution in [0.25, 0.3) is 5.76 Å². The van der Waals surface area contributed by atoms with Gasteiger partial charge in [0.2, 0.25) is 0 Å². The summed E-state index contributed by atoms with van der Waals surface area (Å²) in [5.74, 6) is -0.0850. The van der Waals surface area contributed by atoms with Gasteiger partial charge in [-0.2, -0.15) is 0 Å². The van der Waals surface area contributed by atoms with E-state index in [2.05, 4.69) is 4.98 Å². The third-order valence-electron chi connectivity index (χ3n) is 2.34. The highest BCUT2D eigenvalue weighted by molar-refractivity contribution is 5.95. The lowest BCUT2D eigenvalue weighted by atomic mass is 10.1. The Balaban J connectivity index is 2.34. The molecule has 0 saturated carbocycles. The fourth-order valence-electron chi connectivity index (χ4n) is 1.61. The third kappa shape index (κ3) is 1.60. The van der Waals surface area contributed by atoms with Crippen LogP contribution in [-0.2, 0) is 16.1 Å². The molecule has 0 aliphatic carbocycles. The number of nitrogens with zero attached hydrogens (tertiary/aromatic N) is 2. The number of carbonyl (C=O) groups is 1. The summed E-state index contributed by atoms with van der Waals surface area (Å²) < 4.78 is 6.65. The van der Waals surface area contributed by atoms with Gasteiger partial charge in [0.25, 0.3) is 0 Å². The second-order valence-corrected chi connectivity index (χ2v) is 3.24. The van der Waals surface area contributed by atoms with Crippen molar-refractivity contribution >= 4 is 11.7 Å². The first-order chi connectivity index (χ1) is 7.24. The van der Waals surface area contributed by atoms with Crippen LogP contribution in [0.5, 0.6) is 0 Å². The highest BCUT2D eigenvalue weighted by Gasteiger charge is 2.24. The number of carbonyl (C=O) groups excluding carboxylic acids is 1. The standard InChI is InChI=1S/C10H12N2O3/c1-2-15-10(14)7-3-5-12-6-4-11-9(12)8(7)13/h4,6,13H,2-3,5H2,1H3. The van der Waals surface area contributed by atoms with E-state index in [1.165, 1.54) is 0 Å². The van der Waals surface area contributed by atoms with Crippen LogP contribution in [0, 0.1) is 0 Å². The van der Waals surface area contributed by atoms with Crippen molar-refractivity contribution in [3.05, 3.63) is 23.8 Å². The molecule has 0 spiro atoms. The molecular formula is C10H12N2O3. The predicted octanol–water partition coefficient (Wildman–Crippen LogP) is 1.12. The van der Waals surface area contributed by atoms with E-state index >= 15 is 0 Å². The Morgan fingerprint density at radius 1 is 1.73 bits per heavy atom. The molecule has 1 aromatic heterocycles. The molecule has 0 unspecified atom stereocenters. The van der Waals surface area contributed by atoms with Gasteiger partial charge in [0, 0.05) is 25.4 Å². The van der Waals surface area contributed by atoms with Crippen molar-refractivity contribution in [3.8, 4) is 0 Å². The zero-order chi connectivity index (χ0) is 10.8. The second kappa shape index (κ2) is 3.76. The van der Waals surface area contributed by atoms with Crippen LogP contribution in [0.4, 0.5) is 0 Å². The normalized spacial score (nSPS) is 15.0. The van der Waals surface area contributed by atoms with Crippen LogP contribution < -0.4 is 0 Å². The van der Waals surface area contributed by atoms with Crippen molar-refractivity contribution in [2.75, 3.05) is 6.61 Å². The molecule has 0 bridgehead atoms. The average molecular weight is 208 g/mol. The van der Waals surface area contributed by atoms with E-state index < -0.39 is 5.97 Å². The van der Waals surface area contributed by atoms with E-state index in [0.29, 0.717) is 31.0 Å². The van der Waals surface area contributed by atoms with Crippen LogP contribution in [-0.4, -0.2) is 27.2 Å². The fraction of sp³-hybridized carbons (Fsp3) is 0.400. The van der Waals surface area contributed by atoms with Gasteiger partial charge in [0.05, 0.1) is 12.2 Å². The lowest BCUT2D eigenvalue weighted by molar-refractivity contribution is -0.138. The van der Waals surface area contributed by atoms with E-state index in [1.54, 1.807) is 23.9 Å². The van der Waals surface area contributed by atoms with Crippen LogP contribution in [0.15, 0.2) is 18.0 Å². The van der Waals surface area contributed by atoms with E-state index in [1.807, 2.05) is 0 Å². The molecule has 80 valence electrons. The molecule has 2 heterocycles. The van der Waals surface area contributed by atoms with E-state index in [4.69, 9.17) is 4.74 Å². The average Bonchev–Trinajstić information content (AvgIpc) is 2.67. The number of hydrogen-bond donors (Lipinski definition) is 1. The maximum Gasteiger partial charge on any atom is 0.337 e. The Hall–Kier alpha value is -1.78. The summed E-state index contributed by atoms with van der Waals surface area (Å²) in [7, 11) is 0. The number of imidazole rings is 1. The molecule has 0 radical (unpaired) electrons. The minimum Gasteiger partial charge on any atom is -0.504 e. The van der Waals surface area contributed by atoms with Crippen molar-refractivity contribution in [1.82, 2.24) is 9.55 Å². The minimum absolute atomic E-state index is 0.0651. The summed E-state index contributed by atoms with van der Waals surface area (Å²) in [5.41, 5.74) is 0.315. The monoisotopic (exact) mass is 208 g/mol. The van der Waals surface area contributed by atoms with Gasteiger partial charge < -0.3 is 14.4 Å². The summed E-state index contributed by atoms with van der Waals surface area (Å²) in [6.07, 6.45) is 3.85. The first-order valence-electron chi connectivity index (χ1n) is 4.84. The molecule has 0 aromatic carbocycles. The smallest absolute Gasteiger partial charge is 0.337 e. The SMILES string of the molecule is CCOC(=O)C1=C(O)c2nccn2CC1. The molecular weight excluding hydrogens is 196 g/mol.